The van der Waals surface area contributed by atoms with Crippen molar-refractivity contribution in [1.82, 2.24) is 4.98 Å². The molecule has 2 aromatic rings. The number of nitrogen functional groups attached to an aromatic ring is 1. The number of hydrogen-bond acceptors (Lipinski definition) is 3. The predicted molar refractivity (Wildman–Crippen MR) is 72.5 cm³/mol. The normalized spacial score (nSPS) is 10.1. The molecule has 4 heteroatoms. The number of benzene rings is 1. The first-order valence-electron chi connectivity index (χ1n) is 5.67. The smallest absolute Gasteiger partial charge is 0.256 e. The van der Waals surface area contributed by atoms with Gasteiger partial charge >= 0.3 is 0 Å². The number of nitrogens with zero attached hydrogens (tertiary/aromatic N) is 1. The highest BCUT2D eigenvalue weighted by Crippen LogP contribution is 2.17. The van der Waals surface area contributed by atoms with Gasteiger partial charge in [0.1, 0.15) is 0 Å². The van der Waals surface area contributed by atoms with E-state index in [4.69, 9.17) is 5.73 Å². The van der Waals surface area contributed by atoms with Gasteiger partial charge in [0.05, 0.1) is 11.9 Å². The maximum Gasteiger partial charge on any atom is 0.256 e. The molecule has 1 heterocycles. The number of nitrogens with one attached hydrogen (secondary N) is 1. The average Bonchev–Trinajstić information content (AvgIpc) is 2.35. The van der Waals surface area contributed by atoms with E-state index in [-0.39, 0.29) is 5.91 Å². The standard InChI is InChI=1S/C14H15N3O/c1-9-6-7-11(8-16-9)17-14(18)12-4-3-5-13(15)10(12)2/h3-8H,15H2,1-2H3,(H,17,18). The fourth-order valence-electron chi connectivity index (χ4n) is 1.64. The van der Waals surface area contributed by atoms with Crippen LogP contribution < -0.4 is 11.1 Å². The van der Waals surface area contributed by atoms with Gasteiger partial charge in [-0.1, -0.05) is 6.07 Å². The van der Waals surface area contributed by atoms with Gasteiger partial charge in [-0.05, 0) is 43.7 Å². The van der Waals surface area contributed by atoms with Gasteiger partial charge in [0.15, 0.2) is 0 Å². The molecule has 0 bridgehead atoms. The van der Waals surface area contributed by atoms with Gasteiger partial charge in [-0.15, -0.1) is 0 Å². The van der Waals surface area contributed by atoms with E-state index in [1.807, 2.05) is 26.0 Å². The van der Waals surface area contributed by atoms with E-state index in [1.54, 1.807) is 24.4 Å². The number of rotatable bonds is 2. The highest BCUT2D eigenvalue weighted by molar-refractivity contribution is 6.05. The van der Waals surface area contributed by atoms with Crippen LogP contribution in [0.25, 0.3) is 0 Å². The first-order valence-corrected chi connectivity index (χ1v) is 5.67. The minimum atomic E-state index is -0.176. The molecule has 0 fully saturated rings. The quantitative estimate of drug-likeness (QED) is 0.794. The maximum atomic E-state index is 12.1. The van der Waals surface area contributed by atoms with Crippen LogP contribution in [0.15, 0.2) is 36.5 Å². The lowest BCUT2D eigenvalue weighted by Crippen LogP contribution is -2.14. The fourth-order valence-corrected chi connectivity index (χ4v) is 1.64. The van der Waals surface area contributed by atoms with Crippen LogP contribution in [0.4, 0.5) is 11.4 Å². The summed E-state index contributed by atoms with van der Waals surface area (Å²) < 4.78 is 0. The Kier molecular flexibility index (Phi) is 3.28. The van der Waals surface area contributed by atoms with Crippen molar-refractivity contribution in [3.05, 3.63) is 53.3 Å². The third-order valence-electron chi connectivity index (χ3n) is 2.79. The maximum absolute atomic E-state index is 12.1. The first kappa shape index (κ1) is 12.1. The topological polar surface area (TPSA) is 68.0 Å². The molecular formula is C14H15N3O. The average molecular weight is 241 g/mol. The molecule has 0 aliphatic carbocycles. The van der Waals surface area contributed by atoms with Crippen molar-refractivity contribution >= 4 is 17.3 Å². The van der Waals surface area contributed by atoms with Gasteiger partial charge in [-0.3, -0.25) is 9.78 Å². The van der Waals surface area contributed by atoms with Crippen LogP contribution in [0.1, 0.15) is 21.6 Å². The second-order valence-electron chi connectivity index (χ2n) is 4.16. The molecule has 92 valence electrons. The number of nitrogens with two attached hydrogens (primary N) is 1. The van der Waals surface area contributed by atoms with Gasteiger partial charge in [0.25, 0.3) is 5.91 Å². The number of pyridine rings is 1. The van der Waals surface area contributed by atoms with Crippen molar-refractivity contribution in [2.45, 2.75) is 13.8 Å². The molecule has 3 N–H and O–H groups in total. The lowest BCUT2D eigenvalue weighted by atomic mass is 10.1. The van der Waals surface area contributed by atoms with Gasteiger partial charge in [-0.2, -0.15) is 0 Å². The van der Waals surface area contributed by atoms with Crippen LogP contribution >= 0.6 is 0 Å². The number of amides is 1. The predicted octanol–water partition coefficient (Wildman–Crippen LogP) is 2.53. The fraction of sp³-hybridized carbons (Fsp3) is 0.143. The van der Waals surface area contributed by atoms with E-state index in [9.17, 15) is 4.79 Å². The Hall–Kier alpha value is -2.36. The van der Waals surface area contributed by atoms with E-state index >= 15 is 0 Å². The van der Waals surface area contributed by atoms with Gasteiger partial charge in [0, 0.05) is 16.9 Å². The molecule has 4 nitrogen and oxygen atoms in total. The van der Waals surface area contributed by atoms with Crippen LogP contribution in [-0.4, -0.2) is 10.9 Å². The van der Waals surface area contributed by atoms with Crippen molar-refractivity contribution < 1.29 is 4.79 Å². The van der Waals surface area contributed by atoms with Gasteiger partial charge in [-0.25, -0.2) is 0 Å². The van der Waals surface area contributed by atoms with Crippen molar-refractivity contribution in [3.63, 3.8) is 0 Å². The summed E-state index contributed by atoms with van der Waals surface area (Å²) >= 11 is 0. The van der Waals surface area contributed by atoms with Crippen LogP contribution in [0.3, 0.4) is 0 Å². The highest BCUT2D eigenvalue weighted by Gasteiger charge is 2.10. The molecule has 1 aromatic carbocycles. The molecule has 18 heavy (non-hydrogen) atoms. The number of aryl methyl sites for hydroxylation is 1. The second-order valence-corrected chi connectivity index (χ2v) is 4.16. The number of hydrogen-bond donors (Lipinski definition) is 2. The molecule has 0 aliphatic heterocycles. The largest absolute Gasteiger partial charge is 0.398 e. The molecule has 1 aromatic heterocycles. The number of aromatic nitrogens is 1. The summed E-state index contributed by atoms with van der Waals surface area (Å²) in [7, 11) is 0. The van der Waals surface area contributed by atoms with Gasteiger partial charge in [0.2, 0.25) is 0 Å². The van der Waals surface area contributed by atoms with Crippen LogP contribution in [0.2, 0.25) is 0 Å². The number of carbonyl (C=O) groups is 1. The highest BCUT2D eigenvalue weighted by atomic mass is 16.1. The molecule has 0 spiro atoms. The molecule has 0 atom stereocenters. The summed E-state index contributed by atoms with van der Waals surface area (Å²) in [4.78, 5) is 16.2. The van der Waals surface area contributed by atoms with E-state index in [0.29, 0.717) is 16.9 Å². The number of anilines is 2. The molecule has 2 rings (SSSR count). The lowest BCUT2D eigenvalue weighted by Gasteiger charge is -2.09. The molecule has 1 amide bonds. The van der Waals surface area contributed by atoms with Gasteiger partial charge < -0.3 is 11.1 Å². The third-order valence-corrected chi connectivity index (χ3v) is 2.79. The Morgan fingerprint density at radius 1 is 1.22 bits per heavy atom. The van der Waals surface area contributed by atoms with Crippen molar-refractivity contribution in [1.29, 1.82) is 0 Å². The summed E-state index contributed by atoms with van der Waals surface area (Å²) in [5, 5.41) is 2.80. The summed E-state index contributed by atoms with van der Waals surface area (Å²) in [6.45, 7) is 3.73. The summed E-state index contributed by atoms with van der Waals surface area (Å²) in [6.07, 6.45) is 1.63. The summed E-state index contributed by atoms with van der Waals surface area (Å²) in [6, 6.07) is 8.97. The number of carbonyl (C=O) groups excluding carboxylic acids is 1. The van der Waals surface area contributed by atoms with E-state index < -0.39 is 0 Å². The van der Waals surface area contributed by atoms with E-state index in [2.05, 4.69) is 10.3 Å². The Bertz CT molecular complexity index is 576. The minimum absolute atomic E-state index is 0.176. The Morgan fingerprint density at radius 2 is 2.00 bits per heavy atom. The molecule has 0 unspecified atom stereocenters. The van der Waals surface area contributed by atoms with Crippen LogP contribution in [0, 0.1) is 13.8 Å². The van der Waals surface area contributed by atoms with Crippen LogP contribution in [-0.2, 0) is 0 Å². The van der Waals surface area contributed by atoms with Crippen molar-refractivity contribution in [3.8, 4) is 0 Å². The lowest BCUT2D eigenvalue weighted by molar-refractivity contribution is 0.102. The zero-order valence-electron chi connectivity index (χ0n) is 10.4. The molecular weight excluding hydrogens is 226 g/mol. The molecule has 0 saturated heterocycles. The van der Waals surface area contributed by atoms with Crippen molar-refractivity contribution in [2.24, 2.45) is 0 Å². The summed E-state index contributed by atoms with van der Waals surface area (Å²) in [5.41, 5.74) is 9.34. The Morgan fingerprint density at radius 3 is 2.67 bits per heavy atom. The summed E-state index contributed by atoms with van der Waals surface area (Å²) in [5.74, 6) is -0.176. The molecule has 0 radical (unpaired) electrons. The zero-order valence-corrected chi connectivity index (χ0v) is 10.4. The molecule has 0 saturated carbocycles. The van der Waals surface area contributed by atoms with Crippen LogP contribution in [0.5, 0.6) is 0 Å². The Balaban J connectivity index is 2.22. The third kappa shape index (κ3) is 2.48. The first-order chi connectivity index (χ1) is 8.58. The SMILES string of the molecule is Cc1ccc(NC(=O)c2cccc(N)c2C)cn1. The van der Waals surface area contributed by atoms with E-state index in [1.165, 1.54) is 0 Å². The Labute approximate surface area is 106 Å². The molecule has 0 aliphatic rings. The monoisotopic (exact) mass is 241 g/mol. The second kappa shape index (κ2) is 4.87. The zero-order chi connectivity index (χ0) is 13.1. The minimum Gasteiger partial charge on any atom is -0.398 e. The van der Waals surface area contributed by atoms with Crippen molar-refractivity contribution in [2.75, 3.05) is 11.1 Å². The van der Waals surface area contributed by atoms with E-state index in [0.717, 1.165) is 11.3 Å².